The lowest BCUT2D eigenvalue weighted by Crippen LogP contribution is -2.41. The Balaban J connectivity index is 1.36. The lowest BCUT2D eigenvalue weighted by molar-refractivity contribution is -0.131. The van der Waals surface area contributed by atoms with Gasteiger partial charge in [0.25, 0.3) is 0 Å². The number of likely N-dealkylation sites (tertiary alicyclic amines) is 1. The Morgan fingerprint density at radius 2 is 1.96 bits per heavy atom. The van der Waals surface area contributed by atoms with Crippen LogP contribution in [0.5, 0.6) is 0 Å². The number of benzene rings is 1. The number of amides is 1. The van der Waals surface area contributed by atoms with E-state index in [0.717, 1.165) is 43.4 Å². The van der Waals surface area contributed by atoms with E-state index in [1.807, 2.05) is 11.9 Å². The fourth-order valence-electron chi connectivity index (χ4n) is 3.92. The van der Waals surface area contributed by atoms with Crippen molar-refractivity contribution in [1.29, 1.82) is 0 Å². The van der Waals surface area contributed by atoms with Gasteiger partial charge in [-0.05, 0) is 36.4 Å². The van der Waals surface area contributed by atoms with Gasteiger partial charge in [0, 0.05) is 32.2 Å². The van der Waals surface area contributed by atoms with E-state index in [9.17, 15) is 4.79 Å². The highest BCUT2D eigenvalue weighted by molar-refractivity contribution is 5.80. The van der Waals surface area contributed by atoms with E-state index in [2.05, 4.69) is 52.2 Å². The largest absolute Gasteiger partial charge is 0.338 e. The van der Waals surface area contributed by atoms with E-state index in [1.165, 1.54) is 17.6 Å². The van der Waals surface area contributed by atoms with Gasteiger partial charge in [0.05, 0.1) is 6.54 Å². The van der Waals surface area contributed by atoms with Crippen molar-refractivity contribution >= 4 is 11.5 Å². The fourth-order valence-corrected chi connectivity index (χ4v) is 3.92. The molecule has 0 bridgehead atoms. The Labute approximate surface area is 160 Å². The molecule has 3 heterocycles. The molecule has 0 unspecified atom stereocenters. The van der Waals surface area contributed by atoms with Crippen LogP contribution in [0.4, 0.5) is 0 Å². The van der Waals surface area contributed by atoms with E-state index in [1.54, 1.807) is 11.0 Å². The van der Waals surface area contributed by atoms with Crippen LogP contribution in [-0.4, -0.2) is 63.2 Å². The average molecular weight is 365 g/mol. The molecule has 2 aliphatic rings. The molecular formula is C21H27N5O. The number of rotatable bonds is 4. The van der Waals surface area contributed by atoms with Crippen molar-refractivity contribution in [1.82, 2.24) is 24.6 Å². The maximum absolute atomic E-state index is 12.5. The molecule has 2 aliphatic heterocycles. The fraction of sp³-hybridized carbons (Fsp3) is 0.476. The molecule has 142 valence electrons. The van der Waals surface area contributed by atoms with Crippen LogP contribution in [0.25, 0.3) is 17.0 Å². The second-order valence-electron chi connectivity index (χ2n) is 7.77. The third-order valence-electron chi connectivity index (χ3n) is 5.54. The van der Waals surface area contributed by atoms with Gasteiger partial charge < -0.3 is 4.90 Å². The molecule has 1 amide bonds. The third kappa shape index (κ3) is 4.11. The van der Waals surface area contributed by atoms with Gasteiger partial charge in [-0.1, -0.05) is 37.3 Å². The van der Waals surface area contributed by atoms with Gasteiger partial charge in [0.2, 0.25) is 5.91 Å². The molecule has 1 aromatic heterocycles. The predicted molar refractivity (Wildman–Crippen MR) is 106 cm³/mol. The number of carbonyl (C=O) groups excluding carboxylic acids is 1. The predicted octanol–water partition coefficient (Wildman–Crippen LogP) is 2.44. The van der Waals surface area contributed by atoms with Crippen molar-refractivity contribution in [2.45, 2.75) is 19.8 Å². The van der Waals surface area contributed by atoms with Crippen LogP contribution >= 0.6 is 0 Å². The maximum Gasteiger partial charge on any atom is 0.237 e. The molecule has 0 aliphatic carbocycles. The van der Waals surface area contributed by atoms with Crippen molar-refractivity contribution in [3.63, 3.8) is 0 Å². The first-order chi connectivity index (χ1) is 13.1. The lowest BCUT2D eigenvalue weighted by Gasteiger charge is -2.28. The Kier molecular flexibility index (Phi) is 5.07. The molecular weight excluding hydrogens is 338 g/mol. The van der Waals surface area contributed by atoms with Crippen LogP contribution in [0.3, 0.4) is 0 Å². The molecule has 0 saturated carbocycles. The minimum absolute atomic E-state index is 0.260. The summed E-state index contributed by atoms with van der Waals surface area (Å²) in [5, 5.41) is 4.34. The molecule has 6 nitrogen and oxygen atoms in total. The Morgan fingerprint density at radius 3 is 2.56 bits per heavy atom. The van der Waals surface area contributed by atoms with Crippen molar-refractivity contribution in [2.24, 2.45) is 13.0 Å². The summed E-state index contributed by atoms with van der Waals surface area (Å²) in [7, 11) is 1.87. The molecule has 2 aromatic rings. The molecule has 1 aromatic carbocycles. The van der Waals surface area contributed by atoms with Crippen LogP contribution in [0, 0.1) is 5.92 Å². The average Bonchev–Trinajstić information content (AvgIpc) is 3.30. The number of aromatic nitrogens is 3. The SMILES string of the molecule is C[C@H]1CCN(CC(=O)N2CC=C(c3ccc(-c4ncn(C)n4)cc3)CC2)C1. The number of aryl methyl sites for hydroxylation is 1. The molecule has 4 rings (SSSR count). The highest BCUT2D eigenvalue weighted by Gasteiger charge is 2.24. The summed E-state index contributed by atoms with van der Waals surface area (Å²) in [6, 6.07) is 8.39. The van der Waals surface area contributed by atoms with Gasteiger partial charge in [0.1, 0.15) is 6.33 Å². The minimum atomic E-state index is 0.260. The first-order valence-electron chi connectivity index (χ1n) is 9.74. The quantitative estimate of drug-likeness (QED) is 0.835. The van der Waals surface area contributed by atoms with Gasteiger partial charge in [-0.15, -0.1) is 0 Å². The summed E-state index contributed by atoms with van der Waals surface area (Å²) < 4.78 is 1.71. The molecule has 1 atom stereocenters. The summed E-state index contributed by atoms with van der Waals surface area (Å²) in [6.45, 7) is 6.45. The van der Waals surface area contributed by atoms with Gasteiger partial charge in [-0.25, -0.2) is 4.98 Å². The summed E-state index contributed by atoms with van der Waals surface area (Å²) in [5.41, 5.74) is 3.55. The zero-order chi connectivity index (χ0) is 18.8. The number of hydrogen-bond donors (Lipinski definition) is 0. The third-order valence-corrected chi connectivity index (χ3v) is 5.54. The number of hydrogen-bond acceptors (Lipinski definition) is 4. The van der Waals surface area contributed by atoms with Gasteiger partial charge >= 0.3 is 0 Å². The van der Waals surface area contributed by atoms with Crippen LogP contribution in [0.1, 0.15) is 25.3 Å². The molecule has 0 radical (unpaired) electrons. The lowest BCUT2D eigenvalue weighted by atomic mass is 9.98. The molecule has 0 N–H and O–H groups in total. The number of carbonyl (C=O) groups is 1. The van der Waals surface area contributed by atoms with E-state index >= 15 is 0 Å². The Hall–Kier alpha value is -2.47. The van der Waals surface area contributed by atoms with Crippen LogP contribution in [0.15, 0.2) is 36.7 Å². The van der Waals surface area contributed by atoms with Crippen LogP contribution < -0.4 is 0 Å². The molecule has 1 fully saturated rings. The Bertz CT molecular complexity index is 839. The van der Waals surface area contributed by atoms with E-state index < -0.39 is 0 Å². The zero-order valence-electron chi connectivity index (χ0n) is 16.1. The monoisotopic (exact) mass is 365 g/mol. The molecule has 6 heteroatoms. The second kappa shape index (κ2) is 7.64. The second-order valence-corrected chi connectivity index (χ2v) is 7.77. The van der Waals surface area contributed by atoms with Crippen molar-refractivity contribution < 1.29 is 4.79 Å². The minimum Gasteiger partial charge on any atom is -0.338 e. The summed E-state index contributed by atoms with van der Waals surface area (Å²) in [6.07, 6.45) is 6.02. The highest BCUT2D eigenvalue weighted by Crippen LogP contribution is 2.25. The van der Waals surface area contributed by atoms with Gasteiger partial charge in [-0.3, -0.25) is 14.4 Å². The van der Waals surface area contributed by atoms with Crippen LogP contribution in [0.2, 0.25) is 0 Å². The molecule has 1 saturated heterocycles. The van der Waals surface area contributed by atoms with E-state index in [0.29, 0.717) is 13.1 Å². The topological polar surface area (TPSA) is 54.3 Å². The van der Waals surface area contributed by atoms with Gasteiger partial charge in [0.15, 0.2) is 5.82 Å². The van der Waals surface area contributed by atoms with Crippen LogP contribution in [-0.2, 0) is 11.8 Å². The van der Waals surface area contributed by atoms with E-state index in [-0.39, 0.29) is 5.91 Å². The van der Waals surface area contributed by atoms with Crippen molar-refractivity contribution in [2.75, 3.05) is 32.7 Å². The first-order valence-corrected chi connectivity index (χ1v) is 9.74. The normalized spacial score (nSPS) is 20.7. The van der Waals surface area contributed by atoms with Crippen molar-refractivity contribution in [3.05, 3.63) is 42.2 Å². The zero-order valence-corrected chi connectivity index (χ0v) is 16.1. The Morgan fingerprint density at radius 1 is 1.19 bits per heavy atom. The molecule has 27 heavy (non-hydrogen) atoms. The maximum atomic E-state index is 12.5. The first kappa shape index (κ1) is 17.9. The van der Waals surface area contributed by atoms with Crippen molar-refractivity contribution in [3.8, 4) is 11.4 Å². The highest BCUT2D eigenvalue weighted by atomic mass is 16.2. The molecule has 0 spiro atoms. The standard InChI is InChI=1S/C21H27N5O/c1-16-7-10-25(13-16)14-20(27)26-11-8-18(9-12-26)17-3-5-19(6-4-17)21-22-15-24(2)23-21/h3-6,8,15-16H,7,9-14H2,1-2H3/t16-/m0/s1. The summed E-state index contributed by atoms with van der Waals surface area (Å²) in [4.78, 5) is 21.1. The summed E-state index contributed by atoms with van der Waals surface area (Å²) in [5.74, 6) is 1.72. The smallest absolute Gasteiger partial charge is 0.237 e. The number of nitrogens with zero attached hydrogens (tertiary/aromatic N) is 5. The van der Waals surface area contributed by atoms with Gasteiger partial charge in [-0.2, -0.15) is 5.10 Å². The van der Waals surface area contributed by atoms with E-state index in [4.69, 9.17) is 0 Å². The summed E-state index contributed by atoms with van der Waals surface area (Å²) >= 11 is 0.